The van der Waals surface area contributed by atoms with Gasteiger partial charge in [0.05, 0.1) is 0 Å². The van der Waals surface area contributed by atoms with Crippen LogP contribution in [0.5, 0.6) is 5.75 Å². The summed E-state index contributed by atoms with van der Waals surface area (Å²) in [6.45, 7) is 5.13. The quantitative estimate of drug-likeness (QED) is 0.909. The van der Waals surface area contributed by atoms with E-state index in [-0.39, 0.29) is 12.1 Å². The standard InChI is InChI=1S/C18H20ClNO/c1-12-3-8-18-15(9-12)10-17(21-18)11-20-13(2)14-4-6-16(19)7-5-14/h3-9,13,17,20H,10-11H2,1-2H3/t13-,17?/m0/s1. The predicted molar refractivity (Wildman–Crippen MR) is 87.2 cm³/mol. The lowest BCUT2D eigenvalue weighted by atomic mass is 10.1. The molecule has 0 saturated carbocycles. The number of nitrogens with one attached hydrogen (secondary N) is 1. The molecule has 1 N–H and O–H groups in total. The number of hydrogen-bond acceptors (Lipinski definition) is 2. The van der Waals surface area contributed by atoms with Gasteiger partial charge in [-0.3, -0.25) is 0 Å². The highest BCUT2D eigenvalue weighted by Gasteiger charge is 2.23. The van der Waals surface area contributed by atoms with Crippen LogP contribution in [0.3, 0.4) is 0 Å². The maximum Gasteiger partial charge on any atom is 0.123 e. The van der Waals surface area contributed by atoms with E-state index in [0.717, 1.165) is 23.7 Å². The van der Waals surface area contributed by atoms with Crippen LogP contribution in [0.4, 0.5) is 0 Å². The molecule has 2 aromatic carbocycles. The SMILES string of the molecule is Cc1ccc2c(c1)CC(CN[C@@H](C)c1ccc(Cl)cc1)O2. The summed E-state index contributed by atoms with van der Waals surface area (Å²) in [6.07, 6.45) is 1.20. The molecule has 0 radical (unpaired) electrons. The Balaban J connectivity index is 1.56. The minimum absolute atomic E-state index is 0.219. The monoisotopic (exact) mass is 301 g/mol. The molecule has 3 heteroatoms. The molecule has 0 saturated heterocycles. The number of benzene rings is 2. The Bertz CT molecular complexity index is 624. The van der Waals surface area contributed by atoms with E-state index in [2.05, 4.69) is 49.5 Å². The molecule has 1 aliphatic heterocycles. The lowest BCUT2D eigenvalue weighted by molar-refractivity contribution is 0.222. The molecule has 21 heavy (non-hydrogen) atoms. The third-order valence-corrected chi connectivity index (χ3v) is 4.23. The summed E-state index contributed by atoms with van der Waals surface area (Å²) in [7, 11) is 0. The molecular weight excluding hydrogens is 282 g/mol. The van der Waals surface area contributed by atoms with E-state index in [9.17, 15) is 0 Å². The highest BCUT2D eigenvalue weighted by molar-refractivity contribution is 6.30. The van der Waals surface area contributed by atoms with Gasteiger partial charge in [-0.25, -0.2) is 0 Å². The first-order valence-corrected chi connectivity index (χ1v) is 7.74. The largest absolute Gasteiger partial charge is 0.488 e. The van der Waals surface area contributed by atoms with Gasteiger partial charge in [0.15, 0.2) is 0 Å². The van der Waals surface area contributed by atoms with Crippen molar-refractivity contribution in [2.45, 2.75) is 32.4 Å². The number of fused-ring (bicyclic) bond motifs is 1. The molecule has 0 aliphatic carbocycles. The molecule has 3 rings (SSSR count). The summed E-state index contributed by atoms with van der Waals surface area (Å²) >= 11 is 5.92. The Morgan fingerprint density at radius 2 is 2.00 bits per heavy atom. The lowest BCUT2D eigenvalue weighted by Crippen LogP contribution is -2.31. The van der Waals surface area contributed by atoms with Crippen molar-refractivity contribution in [1.29, 1.82) is 0 Å². The van der Waals surface area contributed by atoms with E-state index in [1.165, 1.54) is 16.7 Å². The van der Waals surface area contributed by atoms with E-state index in [1.54, 1.807) is 0 Å². The second-order valence-corrected chi connectivity index (χ2v) is 6.17. The van der Waals surface area contributed by atoms with E-state index >= 15 is 0 Å². The van der Waals surface area contributed by atoms with Crippen LogP contribution in [0.1, 0.15) is 29.7 Å². The number of halogens is 1. The third kappa shape index (κ3) is 3.39. The number of ether oxygens (including phenoxy) is 1. The molecule has 0 fully saturated rings. The van der Waals surface area contributed by atoms with Crippen molar-refractivity contribution in [2.75, 3.05) is 6.54 Å². The van der Waals surface area contributed by atoms with Crippen LogP contribution in [-0.2, 0) is 6.42 Å². The van der Waals surface area contributed by atoms with Crippen LogP contribution in [-0.4, -0.2) is 12.6 Å². The van der Waals surface area contributed by atoms with Crippen LogP contribution in [0.25, 0.3) is 0 Å². The fraction of sp³-hybridized carbons (Fsp3) is 0.333. The molecule has 1 aliphatic rings. The molecule has 2 atom stereocenters. The van der Waals surface area contributed by atoms with Crippen LogP contribution < -0.4 is 10.1 Å². The summed E-state index contributed by atoms with van der Waals surface area (Å²) in [5.74, 6) is 1.03. The second-order valence-electron chi connectivity index (χ2n) is 5.74. The zero-order valence-corrected chi connectivity index (χ0v) is 13.2. The summed E-state index contributed by atoms with van der Waals surface area (Å²) < 4.78 is 5.98. The van der Waals surface area contributed by atoms with Gasteiger partial charge in [-0.2, -0.15) is 0 Å². The van der Waals surface area contributed by atoms with Gasteiger partial charge >= 0.3 is 0 Å². The maximum absolute atomic E-state index is 5.98. The van der Waals surface area contributed by atoms with Gasteiger partial charge < -0.3 is 10.1 Å². The molecule has 1 unspecified atom stereocenters. The Morgan fingerprint density at radius 1 is 1.24 bits per heavy atom. The molecule has 0 spiro atoms. The first-order chi connectivity index (χ1) is 10.1. The van der Waals surface area contributed by atoms with Crippen molar-refractivity contribution in [1.82, 2.24) is 5.32 Å². The Kier molecular flexibility index (Phi) is 4.18. The molecule has 2 aromatic rings. The topological polar surface area (TPSA) is 21.3 Å². The smallest absolute Gasteiger partial charge is 0.123 e. The number of aryl methyl sites for hydroxylation is 1. The Morgan fingerprint density at radius 3 is 2.76 bits per heavy atom. The van der Waals surface area contributed by atoms with Crippen LogP contribution in [0, 0.1) is 6.92 Å². The fourth-order valence-corrected chi connectivity index (χ4v) is 2.87. The third-order valence-electron chi connectivity index (χ3n) is 3.98. The second kappa shape index (κ2) is 6.08. The van der Waals surface area contributed by atoms with Crippen molar-refractivity contribution in [3.63, 3.8) is 0 Å². The molecule has 2 nitrogen and oxygen atoms in total. The van der Waals surface area contributed by atoms with Gasteiger partial charge in [0.25, 0.3) is 0 Å². The summed E-state index contributed by atoms with van der Waals surface area (Å²) in [4.78, 5) is 0. The summed E-state index contributed by atoms with van der Waals surface area (Å²) in [5, 5.41) is 4.32. The van der Waals surface area contributed by atoms with Gasteiger partial charge in [-0.05, 0) is 43.2 Å². The normalized spacial score (nSPS) is 18.1. The van der Waals surface area contributed by atoms with E-state index in [0.29, 0.717) is 0 Å². The van der Waals surface area contributed by atoms with Gasteiger partial charge in [-0.1, -0.05) is 41.4 Å². The van der Waals surface area contributed by atoms with Crippen molar-refractivity contribution in [3.05, 3.63) is 64.2 Å². The van der Waals surface area contributed by atoms with Crippen LogP contribution in [0.15, 0.2) is 42.5 Å². The minimum Gasteiger partial charge on any atom is -0.488 e. The van der Waals surface area contributed by atoms with Gasteiger partial charge in [0, 0.05) is 24.0 Å². The first-order valence-electron chi connectivity index (χ1n) is 7.37. The molecule has 110 valence electrons. The van der Waals surface area contributed by atoms with Gasteiger partial charge in [0.1, 0.15) is 11.9 Å². The first kappa shape index (κ1) is 14.4. The van der Waals surface area contributed by atoms with Crippen LogP contribution in [0.2, 0.25) is 5.02 Å². The van der Waals surface area contributed by atoms with Crippen molar-refractivity contribution in [3.8, 4) is 5.75 Å². The van der Waals surface area contributed by atoms with Gasteiger partial charge in [0.2, 0.25) is 0 Å². The highest BCUT2D eigenvalue weighted by atomic mass is 35.5. The molecular formula is C18H20ClNO. The molecule has 0 bridgehead atoms. The zero-order chi connectivity index (χ0) is 14.8. The van der Waals surface area contributed by atoms with Crippen molar-refractivity contribution in [2.24, 2.45) is 0 Å². The van der Waals surface area contributed by atoms with E-state index < -0.39 is 0 Å². The zero-order valence-electron chi connectivity index (χ0n) is 12.4. The molecule has 0 aromatic heterocycles. The highest BCUT2D eigenvalue weighted by Crippen LogP contribution is 2.29. The van der Waals surface area contributed by atoms with Crippen LogP contribution >= 0.6 is 11.6 Å². The number of rotatable bonds is 4. The average Bonchev–Trinajstić information content (AvgIpc) is 2.87. The Labute approximate surface area is 131 Å². The molecule has 1 heterocycles. The van der Waals surface area contributed by atoms with Crippen molar-refractivity contribution < 1.29 is 4.74 Å². The van der Waals surface area contributed by atoms with E-state index in [1.807, 2.05) is 12.1 Å². The summed E-state index contributed by atoms with van der Waals surface area (Å²) in [5.41, 5.74) is 3.85. The van der Waals surface area contributed by atoms with Crippen molar-refractivity contribution >= 4 is 11.6 Å². The Hall–Kier alpha value is -1.51. The number of hydrogen-bond donors (Lipinski definition) is 1. The predicted octanol–water partition coefficient (Wildman–Crippen LogP) is 4.30. The van der Waals surface area contributed by atoms with E-state index in [4.69, 9.17) is 16.3 Å². The fourth-order valence-electron chi connectivity index (χ4n) is 2.74. The van der Waals surface area contributed by atoms with Gasteiger partial charge in [-0.15, -0.1) is 0 Å². The maximum atomic E-state index is 5.98. The lowest BCUT2D eigenvalue weighted by Gasteiger charge is -2.17. The molecule has 0 amide bonds. The summed E-state index contributed by atoms with van der Waals surface area (Å²) in [6, 6.07) is 14.7. The average molecular weight is 302 g/mol. The minimum atomic E-state index is 0.219.